The van der Waals surface area contributed by atoms with Gasteiger partial charge in [-0.25, -0.2) is 9.56 Å². The fourth-order valence-corrected chi connectivity index (χ4v) is 5.58. The molecule has 0 amide bonds. The van der Waals surface area contributed by atoms with Gasteiger partial charge in [0.1, 0.15) is 12.3 Å². The zero-order chi connectivity index (χ0) is 26.7. The predicted octanol–water partition coefficient (Wildman–Crippen LogP) is -0.476. The van der Waals surface area contributed by atoms with Crippen LogP contribution in [0.2, 0.25) is 0 Å². The average Bonchev–Trinajstić information content (AvgIpc) is 2.76. The standard InChI is InChI=1S/C21H22N6O7S2/c1-27-8-2-3-15(11-27)17-7-6-16(25-21(24)26-20(22)23)10-14(17)5-4-13-9-18(35(28,29)30)19(34-12-13)36(31,32)33/h2-3,6-8,10-12,18-19H,9H2,1H3,(H7-,22,23,24,25,26,28,29,30,31,32,33)/p+1/t18-,19-/m1/s1. The van der Waals surface area contributed by atoms with E-state index in [4.69, 9.17) is 21.9 Å². The van der Waals surface area contributed by atoms with Crippen molar-refractivity contribution in [2.75, 3.05) is 0 Å². The van der Waals surface area contributed by atoms with E-state index in [0.29, 0.717) is 16.8 Å². The molecule has 2 aromatic rings. The number of benzene rings is 1. The highest BCUT2D eigenvalue weighted by Gasteiger charge is 2.44. The van der Waals surface area contributed by atoms with Crippen LogP contribution in [0, 0.1) is 11.8 Å². The van der Waals surface area contributed by atoms with E-state index in [2.05, 4.69) is 21.8 Å². The van der Waals surface area contributed by atoms with E-state index in [-0.39, 0.29) is 17.5 Å². The van der Waals surface area contributed by atoms with Crippen molar-refractivity contribution in [3.05, 3.63) is 60.1 Å². The van der Waals surface area contributed by atoms with E-state index >= 15 is 0 Å². The molecule has 0 spiro atoms. The molecular formula is C21H23N6O7S2+. The summed E-state index contributed by atoms with van der Waals surface area (Å²) < 4.78 is 71.9. The van der Waals surface area contributed by atoms with Gasteiger partial charge in [0.15, 0.2) is 18.4 Å². The number of nitrogens with two attached hydrogens (primary N) is 3. The highest BCUT2D eigenvalue weighted by molar-refractivity contribution is 7.90. The Bertz CT molecular complexity index is 1550. The first kappa shape index (κ1) is 26.6. The number of rotatable bonds is 4. The molecule has 2 atom stereocenters. The summed E-state index contributed by atoms with van der Waals surface area (Å²) in [5.74, 6) is 5.16. The smallest absolute Gasteiger partial charge is 0.304 e. The summed E-state index contributed by atoms with van der Waals surface area (Å²) in [7, 11) is -7.99. The van der Waals surface area contributed by atoms with Gasteiger partial charge in [0.2, 0.25) is 11.4 Å². The van der Waals surface area contributed by atoms with E-state index < -0.39 is 37.3 Å². The van der Waals surface area contributed by atoms with Gasteiger partial charge in [0.05, 0.1) is 11.9 Å². The minimum atomic E-state index is -4.93. The first-order valence-electron chi connectivity index (χ1n) is 10.1. The number of guanidine groups is 2. The predicted molar refractivity (Wildman–Crippen MR) is 131 cm³/mol. The minimum absolute atomic E-state index is 0.0658. The van der Waals surface area contributed by atoms with Gasteiger partial charge in [-0.1, -0.05) is 17.9 Å². The van der Waals surface area contributed by atoms with Gasteiger partial charge >= 0.3 is 10.1 Å². The molecule has 1 aromatic carbocycles. The highest BCUT2D eigenvalue weighted by atomic mass is 32.2. The lowest BCUT2D eigenvalue weighted by molar-refractivity contribution is -0.671. The van der Waals surface area contributed by atoms with E-state index in [1.54, 1.807) is 18.2 Å². The van der Waals surface area contributed by atoms with Crippen molar-refractivity contribution >= 4 is 37.8 Å². The summed E-state index contributed by atoms with van der Waals surface area (Å²) in [6.07, 6.45) is 4.11. The van der Waals surface area contributed by atoms with Crippen LogP contribution >= 0.6 is 0 Å². The quantitative estimate of drug-likeness (QED) is 0.111. The first-order chi connectivity index (χ1) is 16.7. The third-order valence-corrected chi connectivity index (χ3v) is 7.22. The molecule has 0 saturated carbocycles. The van der Waals surface area contributed by atoms with Crippen molar-refractivity contribution in [3.8, 4) is 23.0 Å². The van der Waals surface area contributed by atoms with Crippen molar-refractivity contribution in [2.24, 2.45) is 34.2 Å². The molecule has 8 N–H and O–H groups in total. The zero-order valence-corrected chi connectivity index (χ0v) is 20.4. The van der Waals surface area contributed by atoms with Crippen molar-refractivity contribution < 1.29 is 35.2 Å². The van der Waals surface area contributed by atoms with E-state index in [0.717, 1.165) is 11.8 Å². The molecule has 0 aliphatic carbocycles. The number of hydrogen-bond acceptors (Lipinski definition) is 6. The third kappa shape index (κ3) is 6.79. The molecule has 15 heteroatoms. The molecule has 1 aliphatic rings. The number of nitrogens with zero attached hydrogens (tertiary/aromatic N) is 3. The molecule has 13 nitrogen and oxygen atoms in total. The van der Waals surface area contributed by atoms with Gasteiger partial charge in [0, 0.05) is 34.8 Å². The molecule has 0 unspecified atom stereocenters. The average molecular weight is 536 g/mol. The number of allylic oxidation sites excluding steroid dienone is 1. The van der Waals surface area contributed by atoms with Crippen LogP contribution in [-0.2, 0) is 32.0 Å². The molecule has 36 heavy (non-hydrogen) atoms. The first-order valence-corrected chi connectivity index (χ1v) is 13.1. The molecule has 0 fully saturated rings. The van der Waals surface area contributed by atoms with E-state index in [1.165, 1.54) is 0 Å². The van der Waals surface area contributed by atoms with Crippen LogP contribution in [0.15, 0.2) is 64.5 Å². The topological polar surface area (TPSA) is 225 Å². The molecule has 3 rings (SSSR count). The Hall–Kier alpha value is -3.97. The number of ether oxygens (including phenoxy) is 1. The van der Waals surface area contributed by atoms with Crippen molar-refractivity contribution in [3.63, 3.8) is 0 Å². The summed E-state index contributed by atoms with van der Waals surface area (Å²) in [4.78, 5) is 7.77. The van der Waals surface area contributed by atoms with Gasteiger partial charge in [-0.15, -0.1) is 0 Å². The second-order valence-electron chi connectivity index (χ2n) is 7.66. The summed E-state index contributed by atoms with van der Waals surface area (Å²) in [5, 5.41) is -1.97. The maximum atomic E-state index is 11.7. The Labute approximate surface area is 207 Å². The van der Waals surface area contributed by atoms with Crippen LogP contribution in [0.5, 0.6) is 0 Å². The molecule has 1 aromatic heterocycles. The summed E-state index contributed by atoms with van der Waals surface area (Å²) >= 11 is 0. The lowest BCUT2D eigenvalue weighted by atomic mass is 10.00. The normalized spacial score (nSPS) is 18.3. The Kier molecular flexibility index (Phi) is 7.65. The van der Waals surface area contributed by atoms with E-state index in [9.17, 15) is 25.9 Å². The lowest BCUT2D eigenvalue weighted by Crippen LogP contribution is -2.42. The van der Waals surface area contributed by atoms with Crippen molar-refractivity contribution in [1.29, 1.82) is 0 Å². The number of aromatic nitrogens is 1. The van der Waals surface area contributed by atoms with Gasteiger partial charge in [-0.2, -0.15) is 21.8 Å². The van der Waals surface area contributed by atoms with Crippen LogP contribution < -0.4 is 21.8 Å². The molecule has 0 bridgehead atoms. The number of aliphatic imine (C=N–C) groups is 2. The van der Waals surface area contributed by atoms with Crippen molar-refractivity contribution in [1.82, 2.24) is 0 Å². The molecule has 190 valence electrons. The second-order valence-corrected chi connectivity index (χ2v) is 10.8. The van der Waals surface area contributed by atoms with Crippen LogP contribution in [0.25, 0.3) is 11.1 Å². The molecule has 0 saturated heterocycles. The Morgan fingerprint density at radius 1 is 1.11 bits per heavy atom. The van der Waals surface area contributed by atoms with Gasteiger partial charge in [-0.05, 0) is 18.2 Å². The number of pyridine rings is 1. The second kappa shape index (κ2) is 10.3. The SMILES string of the molecule is C[n+]1cccc(-c2ccc(N=C(N)N=C(N)N)cc2C#CC2=CO[C@H](S(=O)(=O)O)[C@H](S(=O)(=O)O)C2)c1. The van der Waals surface area contributed by atoms with Crippen LogP contribution in [-0.4, -0.2) is 48.5 Å². The maximum absolute atomic E-state index is 11.7. The molecule has 2 heterocycles. The Balaban J connectivity index is 2.09. The Morgan fingerprint density at radius 2 is 1.83 bits per heavy atom. The van der Waals surface area contributed by atoms with Gasteiger partial charge in [-0.3, -0.25) is 9.11 Å². The van der Waals surface area contributed by atoms with Gasteiger partial charge < -0.3 is 21.9 Å². The largest absolute Gasteiger partial charge is 0.477 e. The summed E-state index contributed by atoms with van der Waals surface area (Å²) in [6, 6.07) is 8.68. The molecule has 1 aliphatic heterocycles. The zero-order valence-electron chi connectivity index (χ0n) is 18.8. The molecular weight excluding hydrogens is 512 g/mol. The highest BCUT2D eigenvalue weighted by Crippen LogP contribution is 2.29. The van der Waals surface area contributed by atoms with Gasteiger partial charge in [0.25, 0.3) is 10.1 Å². The van der Waals surface area contributed by atoms with E-state index in [1.807, 2.05) is 36.1 Å². The molecule has 0 radical (unpaired) electrons. The lowest BCUT2D eigenvalue weighted by Gasteiger charge is -2.25. The van der Waals surface area contributed by atoms with Crippen molar-refractivity contribution in [2.45, 2.75) is 17.1 Å². The number of aryl methyl sites for hydroxylation is 1. The minimum Gasteiger partial charge on any atom is -0.477 e. The van der Waals surface area contributed by atoms with Crippen LogP contribution in [0.1, 0.15) is 12.0 Å². The maximum Gasteiger partial charge on any atom is 0.304 e. The summed E-state index contributed by atoms with van der Waals surface area (Å²) in [6.45, 7) is 0. The van der Waals surface area contributed by atoms with Crippen LogP contribution in [0.4, 0.5) is 5.69 Å². The van der Waals surface area contributed by atoms with Crippen LogP contribution in [0.3, 0.4) is 0 Å². The monoisotopic (exact) mass is 535 g/mol. The fourth-order valence-electron chi connectivity index (χ4n) is 3.33. The fraction of sp³-hybridized carbons (Fsp3) is 0.190. The Morgan fingerprint density at radius 3 is 2.44 bits per heavy atom. The summed E-state index contributed by atoms with van der Waals surface area (Å²) in [5.41, 5.74) is 16.5. The third-order valence-electron chi connectivity index (χ3n) is 4.84. The number of hydrogen-bond donors (Lipinski definition) is 5.